The van der Waals surface area contributed by atoms with Gasteiger partial charge in [0.1, 0.15) is 6.04 Å². The highest BCUT2D eigenvalue weighted by Crippen LogP contribution is 2.34. The lowest BCUT2D eigenvalue weighted by molar-refractivity contribution is -0.136. The molecule has 1 aliphatic rings. The van der Waals surface area contributed by atoms with E-state index in [0.717, 1.165) is 5.56 Å². The van der Waals surface area contributed by atoms with Crippen LogP contribution in [0.3, 0.4) is 0 Å². The number of carbonyl (C=O) groups is 1. The summed E-state index contributed by atoms with van der Waals surface area (Å²) in [4.78, 5) is 31.4. The molecule has 0 fully saturated rings. The van der Waals surface area contributed by atoms with E-state index < -0.39 is 12.0 Å². The summed E-state index contributed by atoms with van der Waals surface area (Å²) in [5.41, 5.74) is 3.43. The van der Waals surface area contributed by atoms with Crippen molar-refractivity contribution in [3.8, 4) is 0 Å². The number of benzene rings is 2. The van der Waals surface area contributed by atoms with Crippen LogP contribution < -0.4 is 14.9 Å². The predicted octanol–water partition coefficient (Wildman–Crippen LogP) is 4.36. The highest BCUT2D eigenvalue weighted by atomic mass is 35.5. The van der Waals surface area contributed by atoms with Crippen LogP contribution in [0.5, 0.6) is 0 Å². The van der Waals surface area contributed by atoms with E-state index >= 15 is 0 Å². The van der Waals surface area contributed by atoms with Gasteiger partial charge in [-0.2, -0.15) is 0 Å². The van der Waals surface area contributed by atoms with Crippen molar-refractivity contribution in [2.75, 3.05) is 7.11 Å². The van der Waals surface area contributed by atoms with Crippen LogP contribution in [-0.4, -0.2) is 17.6 Å². The highest BCUT2D eigenvalue weighted by Gasteiger charge is 2.34. The third kappa shape index (κ3) is 4.33. The number of rotatable bonds is 3. The fourth-order valence-electron chi connectivity index (χ4n) is 3.91. The van der Waals surface area contributed by atoms with Gasteiger partial charge in [0.15, 0.2) is 4.80 Å². The molecule has 0 saturated carbocycles. The molecular weight excluding hydrogens is 456 g/mol. The Bertz CT molecular complexity index is 1440. The van der Waals surface area contributed by atoms with Crippen molar-refractivity contribution < 1.29 is 9.53 Å². The summed E-state index contributed by atoms with van der Waals surface area (Å²) in [5.74, 6) is -0.534. The van der Waals surface area contributed by atoms with Crippen LogP contribution in [0.15, 0.2) is 69.6 Å². The molecule has 33 heavy (non-hydrogen) atoms. The molecule has 1 atom stereocenters. The maximum Gasteiger partial charge on any atom is 0.338 e. The molecule has 2 heterocycles. The molecule has 1 unspecified atom stereocenters. The Morgan fingerprint density at radius 3 is 2.42 bits per heavy atom. The summed E-state index contributed by atoms with van der Waals surface area (Å²) >= 11 is 7.80. The number of aromatic nitrogens is 1. The molecule has 0 radical (unpaired) electrons. The number of methoxy groups -OCH3 is 1. The van der Waals surface area contributed by atoms with E-state index in [1.54, 1.807) is 17.6 Å². The van der Waals surface area contributed by atoms with Crippen molar-refractivity contribution in [3.63, 3.8) is 0 Å². The predicted molar refractivity (Wildman–Crippen MR) is 132 cm³/mol. The van der Waals surface area contributed by atoms with Crippen molar-refractivity contribution in [1.29, 1.82) is 0 Å². The van der Waals surface area contributed by atoms with Crippen LogP contribution in [-0.2, 0) is 14.9 Å². The first-order valence-corrected chi connectivity index (χ1v) is 11.8. The molecule has 0 saturated heterocycles. The van der Waals surface area contributed by atoms with Gasteiger partial charge in [-0.15, -0.1) is 0 Å². The number of ether oxygens (including phenoxy) is 1. The average molecular weight is 481 g/mol. The fraction of sp³-hybridized carbons (Fsp3) is 0.269. The largest absolute Gasteiger partial charge is 0.466 e. The quantitative estimate of drug-likeness (QED) is 0.523. The molecule has 0 bridgehead atoms. The SMILES string of the molecule is COC(=O)C1=C(C)N=c2sc(=Cc3ccc(C(C)(C)C)cc3)c(=O)n2C1c1ccccc1Cl. The second-order valence-corrected chi connectivity index (χ2v) is 10.4. The zero-order valence-corrected chi connectivity index (χ0v) is 20.8. The van der Waals surface area contributed by atoms with Crippen LogP contribution in [0.4, 0.5) is 0 Å². The molecule has 0 aliphatic carbocycles. The van der Waals surface area contributed by atoms with E-state index in [1.165, 1.54) is 24.0 Å². The van der Waals surface area contributed by atoms with Crippen LogP contribution >= 0.6 is 22.9 Å². The van der Waals surface area contributed by atoms with E-state index in [-0.39, 0.29) is 11.0 Å². The van der Waals surface area contributed by atoms with Crippen LogP contribution in [0.25, 0.3) is 6.08 Å². The van der Waals surface area contributed by atoms with Crippen molar-refractivity contribution >= 4 is 35.0 Å². The van der Waals surface area contributed by atoms with Gasteiger partial charge in [0.25, 0.3) is 5.56 Å². The Hall–Kier alpha value is -2.96. The molecule has 7 heteroatoms. The third-order valence-electron chi connectivity index (χ3n) is 5.70. The number of carbonyl (C=O) groups excluding carboxylic acids is 1. The normalized spacial score (nSPS) is 16.4. The number of fused-ring (bicyclic) bond motifs is 1. The molecule has 0 N–H and O–H groups in total. The van der Waals surface area contributed by atoms with Crippen LogP contribution in [0, 0.1) is 0 Å². The molecule has 3 aromatic rings. The Morgan fingerprint density at radius 1 is 1.15 bits per heavy atom. The Kier molecular flexibility index (Phi) is 6.16. The van der Waals surface area contributed by atoms with Gasteiger partial charge in [-0.1, -0.05) is 86.2 Å². The zero-order chi connectivity index (χ0) is 23.9. The maximum atomic E-state index is 13.6. The monoisotopic (exact) mass is 480 g/mol. The smallest absolute Gasteiger partial charge is 0.338 e. The zero-order valence-electron chi connectivity index (χ0n) is 19.2. The van der Waals surface area contributed by atoms with E-state index in [2.05, 4.69) is 37.9 Å². The lowest BCUT2D eigenvalue weighted by atomic mass is 9.87. The van der Waals surface area contributed by atoms with Crippen molar-refractivity contribution in [2.45, 2.75) is 39.2 Å². The summed E-state index contributed by atoms with van der Waals surface area (Å²) in [7, 11) is 1.32. The van der Waals surface area contributed by atoms with E-state index in [4.69, 9.17) is 16.3 Å². The van der Waals surface area contributed by atoms with Gasteiger partial charge in [0, 0.05) is 5.02 Å². The maximum absolute atomic E-state index is 13.6. The number of hydrogen-bond donors (Lipinski definition) is 0. The van der Waals surface area contributed by atoms with E-state index in [0.29, 0.717) is 31.2 Å². The molecule has 2 aromatic carbocycles. The van der Waals surface area contributed by atoms with Gasteiger partial charge in [-0.25, -0.2) is 9.79 Å². The molecule has 0 amide bonds. The second kappa shape index (κ2) is 8.76. The van der Waals surface area contributed by atoms with Crippen molar-refractivity contribution in [1.82, 2.24) is 4.57 Å². The molecule has 1 aliphatic heterocycles. The first kappa shape index (κ1) is 23.2. The second-order valence-electron chi connectivity index (χ2n) is 8.97. The van der Waals surface area contributed by atoms with Gasteiger partial charge in [-0.3, -0.25) is 9.36 Å². The minimum absolute atomic E-state index is 0.0502. The molecule has 170 valence electrons. The molecule has 4 rings (SSSR count). The number of hydrogen-bond acceptors (Lipinski definition) is 5. The summed E-state index contributed by atoms with van der Waals surface area (Å²) in [5, 5.41) is 0.464. The Morgan fingerprint density at radius 2 is 1.82 bits per heavy atom. The van der Waals surface area contributed by atoms with Crippen molar-refractivity contribution in [2.24, 2.45) is 4.99 Å². The van der Waals surface area contributed by atoms with Crippen LogP contribution in [0.2, 0.25) is 5.02 Å². The minimum atomic E-state index is -0.715. The number of esters is 1. The first-order chi connectivity index (χ1) is 15.6. The van der Waals surface area contributed by atoms with Gasteiger partial charge in [-0.05, 0) is 41.2 Å². The van der Waals surface area contributed by atoms with Crippen molar-refractivity contribution in [3.05, 3.63) is 101 Å². The summed E-state index contributed by atoms with van der Waals surface area (Å²) < 4.78 is 7.11. The highest BCUT2D eigenvalue weighted by molar-refractivity contribution is 7.07. The van der Waals surface area contributed by atoms with Gasteiger partial charge < -0.3 is 4.74 Å². The number of thiazole rings is 1. The molecule has 5 nitrogen and oxygen atoms in total. The molecule has 0 spiro atoms. The Labute approximate surface area is 201 Å². The number of halogens is 1. The molecule has 1 aromatic heterocycles. The minimum Gasteiger partial charge on any atom is -0.466 e. The fourth-order valence-corrected chi connectivity index (χ4v) is 5.20. The summed E-state index contributed by atoms with van der Waals surface area (Å²) in [6, 6.07) is 14.7. The first-order valence-electron chi connectivity index (χ1n) is 10.6. The lowest BCUT2D eigenvalue weighted by Crippen LogP contribution is -2.39. The van der Waals surface area contributed by atoms with Gasteiger partial charge in [0.05, 0.1) is 22.9 Å². The van der Waals surface area contributed by atoms with E-state index in [1.807, 2.05) is 36.4 Å². The summed E-state index contributed by atoms with van der Waals surface area (Å²) in [6.45, 7) is 8.24. The topological polar surface area (TPSA) is 60.7 Å². The lowest BCUT2D eigenvalue weighted by Gasteiger charge is -2.25. The van der Waals surface area contributed by atoms with Crippen LogP contribution in [0.1, 0.15) is 50.4 Å². The Balaban J connectivity index is 1.92. The summed E-state index contributed by atoms with van der Waals surface area (Å²) in [6.07, 6.45) is 1.86. The van der Waals surface area contributed by atoms with E-state index in [9.17, 15) is 9.59 Å². The number of nitrogens with zero attached hydrogens (tertiary/aromatic N) is 2. The standard InChI is InChI=1S/C26H25ClN2O3S/c1-15-21(24(31)32-5)22(18-8-6-7-9-19(18)27)29-23(30)20(33-25(29)28-15)14-16-10-12-17(13-11-16)26(2,3)4/h6-14,22H,1-5H3. The van der Waals surface area contributed by atoms with Gasteiger partial charge in [0.2, 0.25) is 0 Å². The third-order valence-corrected chi connectivity index (χ3v) is 7.03. The molecular formula is C26H25ClN2O3S. The number of allylic oxidation sites excluding steroid dienone is 1. The average Bonchev–Trinajstić information content (AvgIpc) is 3.07. The van der Waals surface area contributed by atoms with Gasteiger partial charge >= 0.3 is 5.97 Å².